The van der Waals surface area contributed by atoms with E-state index >= 15 is 0 Å². The molecule has 6 nitrogen and oxygen atoms in total. The normalized spacial score (nSPS) is 19.4. The van der Waals surface area contributed by atoms with Crippen LogP contribution in [0.3, 0.4) is 0 Å². The van der Waals surface area contributed by atoms with E-state index in [0.717, 1.165) is 12.3 Å². The molecule has 1 rings (SSSR count). The molecule has 0 saturated carbocycles. The summed E-state index contributed by atoms with van der Waals surface area (Å²) in [6.45, 7) is 3.53. The Hall–Kier alpha value is -1.85. The maximum atomic E-state index is 11.9. The van der Waals surface area contributed by atoms with Crippen LogP contribution in [0.15, 0.2) is 28.6 Å². The minimum Gasteiger partial charge on any atom is -0.496 e. The number of aliphatic carboxylic acids is 1. The van der Waals surface area contributed by atoms with Crippen LogP contribution < -0.4 is 0 Å². The molecule has 0 aromatic rings. The second kappa shape index (κ2) is 6.07. The zero-order valence-corrected chi connectivity index (χ0v) is 12.3. The van der Waals surface area contributed by atoms with Crippen molar-refractivity contribution in [2.24, 2.45) is 0 Å². The van der Waals surface area contributed by atoms with Gasteiger partial charge < -0.3 is 9.84 Å². The molecule has 0 aliphatic heterocycles. The lowest BCUT2D eigenvalue weighted by Gasteiger charge is -2.25. The second-order valence-electron chi connectivity index (χ2n) is 4.47. The van der Waals surface area contributed by atoms with Crippen LogP contribution in [0, 0.1) is 0 Å². The third-order valence-corrected chi connectivity index (χ3v) is 4.16. The van der Waals surface area contributed by atoms with Crippen molar-refractivity contribution in [2.75, 3.05) is 12.9 Å². The van der Waals surface area contributed by atoms with Gasteiger partial charge in [0, 0.05) is 11.8 Å². The minimum atomic E-state index is -3.67. The van der Waals surface area contributed by atoms with Crippen LogP contribution >= 0.6 is 0 Å². The van der Waals surface area contributed by atoms with Crippen molar-refractivity contribution < 1.29 is 27.9 Å². The maximum absolute atomic E-state index is 11.9. The Bertz CT molecular complexity index is 632. The molecule has 1 unspecified atom stereocenters. The standard InChI is InChI=1S/C13H16O6S/c1-4-5-19-11-8(2)10(13(15)16)6-9(7-14)12(11)20(3,17)18/h6,12H,4-5H2,1-3H3,(H,15,16). The molecule has 1 aliphatic carbocycles. The van der Waals surface area contributed by atoms with Gasteiger partial charge >= 0.3 is 5.97 Å². The first-order valence-corrected chi connectivity index (χ1v) is 7.92. The molecule has 0 heterocycles. The fourth-order valence-electron chi connectivity index (χ4n) is 1.94. The van der Waals surface area contributed by atoms with Crippen molar-refractivity contribution in [3.63, 3.8) is 0 Å². The number of rotatable bonds is 5. The summed E-state index contributed by atoms with van der Waals surface area (Å²) in [6.07, 6.45) is 2.63. The van der Waals surface area contributed by atoms with Gasteiger partial charge in [-0.15, -0.1) is 0 Å². The Morgan fingerprint density at radius 1 is 1.50 bits per heavy atom. The summed E-state index contributed by atoms with van der Waals surface area (Å²) < 4.78 is 29.1. The predicted molar refractivity (Wildman–Crippen MR) is 72.5 cm³/mol. The van der Waals surface area contributed by atoms with E-state index in [1.165, 1.54) is 12.9 Å². The number of sulfone groups is 1. The Labute approximate surface area is 117 Å². The van der Waals surface area contributed by atoms with Gasteiger partial charge in [0.25, 0.3) is 0 Å². The third-order valence-electron chi connectivity index (χ3n) is 2.83. The van der Waals surface area contributed by atoms with E-state index in [4.69, 9.17) is 9.84 Å². The average Bonchev–Trinajstić information content (AvgIpc) is 2.35. The summed E-state index contributed by atoms with van der Waals surface area (Å²) in [4.78, 5) is 22.1. The summed E-state index contributed by atoms with van der Waals surface area (Å²) in [5, 5.41) is 7.81. The smallest absolute Gasteiger partial charge is 0.336 e. The minimum absolute atomic E-state index is 0.00685. The number of hydrogen-bond donors (Lipinski definition) is 1. The van der Waals surface area contributed by atoms with E-state index in [0.29, 0.717) is 6.42 Å². The Balaban J connectivity index is 3.52. The summed E-state index contributed by atoms with van der Waals surface area (Å²) in [5.41, 5.74) is -0.198. The van der Waals surface area contributed by atoms with Gasteiger partial charge in [-0.3, -0.25) is 0 Å². The van der Waals surface area contributed by atoms with Crippen molar-refractivity contribution >= 4 is 21.7 Å². The SMILES string of the molecule is CCCOC1=C(C)C(C(=O)O)=CC(=C=O)C1S(C)(=O)=O. The van der Waals surface area contributed by atoms with Crippen LogP contribution in [-0.4, -0.2) is 43.5 Å². The monoisotopic (exact) mass is 300 g/mol. The summed E-state index contributed by atoms with van der Waals surface area (Å²) in [6, 6.07) is 0. The number of carboxylic acid groups (broad SMARTS) is 1. The van der Waals surface area contributed by atoms with Crippen molar-refractivity contribution in [1.82, 2.24) is 0 Å². The molecule has 0 saturated heterocycles. The molecule has 0 aromatic heterocycles. The fourth-order valence-corrected chi connectivity index (χ4v) is 3.15. The molecule has 0 amide bonds. The van der Waals surface area contributed by atoms with Gasteiger partial charge in [-0.1, -0.05) is 6.92 Å². The van der Waals surface area contributed by atoms with E-state index in [-0.39, 0.29) is 29.1 Å². The van der Waals surface area contributed by atoms with Crippen LogP contribution in [0.1, 0.15) is 20.3 Å². The molecule has 0 bridgehead atoms. The fraction of sp³-hybridized carbons (Fsp3) is 0.462. The highest BCUT2D eigenvalue weighted by Crippen LogP contribution is 2.32. The van der Waals surface area contributed by atoms with Crippen LogP contribution in [0.2, 0.25) is 0 Å². The molecule has 7 heteroatoms. The lowest BCUT2D eigenvalue weighted by molar-refractivity contribution is -0.132. The van der Waals surface area contributed by atoms with E-state index in [1.807, 2.05) is 6.92 Å². The zero-order chi connectivity index (χ0) is 15.5. The molecular weight excluding hydrogens is 284 g/mol. The molecular formula is C13H16O6S. The van der Waals surface area contributed by atoms with E-state index in [9.17, 15) is 18.0 Å². The quantitative estimate of drug-likeness (QED) is 0.757. The van der Waals surface area contributed by atoms with Gasteiger partial charge in [-0.05, 0) is 19.4 Å². The Kier molecular flexibility index (Phi) is 4.92. The number of ether oxygens (including phenoxy) is 1. The second-order valence-corrected chi connectivity index (χ2v) is 6.60. The first-order valence-electron chi connectivity index (χ1n) is 5.96. The van der Waals surface area contributed by atoms with Gasteiger partial charge in [0.1, 0.15) is 11.7 Å². The lowest BCUT2D eigenvalue weighted by Crippen LogP contribution is -2.31. The topological polar surface area (TPSA) is 97.7 Å². The van der Waals surface area contributed by atoms with Gasteiger partial charge in [0.2, 0.25) is 0 Å². The molecule has 0 aromatic carbocycles. The van der Waals surface area contributed by atoms with Crippen LogP contribution in [0.4, 0.5) is 0 Å². The lowest BCUT2D eigenvalue weighted by atomic mass is 9.94. The molecule has 110 valence electrons. The van der Waals surface area contributed by atoms with Crippen molar-refractivity contribution in [3.05, 3.63) is 28.6 Å². The van der Waals surface area contributed by atoms with Crippen molar-refractivity contribution in [3.8, 4) is 0 Å². The maximum Gasteiger partial charge on any atom is 0.336 e. The predicted octanol–water partition coefficient (Wildman–Crippen LogP) is 0.883. The Morgan fingerprint density at radius 3 is 2.50 bits per heavy atom. The van der Waals surface area contributed by atoms with Gasteiger partial charge in [-0.2, -0.15) is 0 Å². The van der Waals surface area contributed by atoms with Crippen molar-refractivity contribution in [1.29, 1.82) is 0 Å². The first-order chi connectivity index (χ1) is 9.23. The molecule has 20 heavy (non-hydrogen) atoms. The number of allylic oxidation sites excluding steroid dienone is 1. The third kappa shape index (κ3) is 3.18. The van der Waals surface area contributed by atoms with Gasteiger partial charge in [0.15, 0.2) is 15.1 Å². The molecule has 1 aliphatic rings. The van der Waals surface area contributed by atoms with Gasteiger partial charge in [0.05, 0.1) is 17.8 Å². The molecule has 0 fully saturated rings. The van der Waals surface area contributed by atoms with Gasteiger partial charge in [-0.25, -0.2) is 18.0 Å². The number of hydrogen-bond acceptors (Lipinski definition) is 5. The molecule has 0 spiro atoms. The number of carboxylic acids is 1. The highest BCUT2D eigenvalue weighted by Gasteiger charge is 2.37. The highest BCUT2D eigenvalue weighted by molar-refractivity contribution is 7.91. The van der Waals surface area contributed by atoms with Crippen LogP contribution in [0.5, 0.6) is 0 Å². The summed E-state index contributed by atoms with van der Waals surface area (Å²) >= 11 is 0. The molecule has 1 atom stereocenters. The number of carbonyl (C=O) groups is 1. The number of carbonyl (C=O) groups excluding carboxylic acids is 1. The molecule has 0 radical (unpaired) electrons. The van der Waals surface area contributed by atoms with E-state index < -0.39 is 21.1 Å². The van der Waals surface area contributed by atoms with E-state index in [1.54, 1.807) is 0 Å². The Morgan fingerprint density at radius 2 is 2.10 bits per heavy atom. The van der Waals surface area contributed by atoms with E-state index in [2.05, 4.69) is 0 Å². The molecule has 1 N–H and O–H groups in total. The zero-order valence-electron chi connectivity index (χ0n) is 11.5. The van der Waals surface area contributed by atoms with Crippen molar-refractivity contribution in [2.45, 2.75) is 25.5 Å². The highest BCUT2D eigenvalue weighted by atomic mass is 32.2. The average molecular weight is 300 g/mol. The summed E-state index contributed by atoms with van der Waals surface area (Å²) in [5.74, 6) is 0.249. The first kappa shape index (κ1) is 16.2. The van der Waals surface area contributed by atoms with Crippen LogP contribution in [0.25, 0.3) is 0 Å². The summed E-state index contributed by atoms with van der Waals surface area (Å²) in [7, 11) is -3.67. The van der Waals surface area contributed by atoms with Crippen LogP contribution in [-0.2, 0) is 24.2 Å². The largest absolute Gasteiger partial charge is 0.496 e.